The Morgan fingerprint density at radius 2 is 2.05 bits per heavy atom. The van der Waals surface area contributed by atoms with Gasteiger partial charge < -0.3 is 25.5 Å². The molecule has 2 amide bonds. The summed E-state index contributed by atoms with van der Waals surface area (Å²) in [7, 11) is 0. The van der Waals surface area contributed by atoms with Crippen LogP contribution in [0.4, 0.5) is 9.52 Å². The molecule has 16 heteroatoms. The molecule has 1 aromatic rings. The smallest absolute Gasteiger partial charge is 0.352 e. The molecule has 37 heavy (non-hydrogen) atoms. The van der Waals surface area contributed by atoms with Crippen LogP contribution < -0.4 is 11.1 Å². The SMILES string of the molecule is Nc1nc(/C(=N/OCF)C(=O)N[C@@H]2C(=O)N3C(C(=O)O)=C(/C=C/C[N+]45CCN(CC4)CC5)CS[C@H]23)ns1. The van der Waals surface area contributed by atoms with Crippen molar-refractivity contribution in [3.63, 3.8) is 0 Å². The number of rotatable bonds is 9. The Morgan fingerprint density at radius 1 is 1.32 bits per heavy atom. The van der Waals surface area contributed by atoms with Gasteiger partial charge in [0, 0.05) is 36.9 Å². The maximum Gasteiger partial charge on any atom is 0.352 e. The number of carboxylic acid groups (broad SMARTS) is 1. The van der Waals surface area contributed by atoms with Crippen LogP contribution in [0.1, 0.15) is 5.82 Å². The number of piperazine rings is 3. The third kappa shape index (κ3) is 4.93. The highest BCUT2D eigenvalue weighted by Crippen LogP contribution is 2.40. The average molecular weight is 554 g/mol. The van der Waals surface area contributed by atoms with Gasteiger partial charge >= 0.3 is 5.97 Å². The lowest BCUT2D eigenvalue weighted by molar-refractivity contribution is -0.935. The standard InChI is InChI=1S/C21H25FN8O5S2/c22-11-35-26-13(16-25-21(23)37-27-16)17(31)24-14-18(32)29-15(20(33)34)12(10-36-19(14)29)2-1-6-30-7-3-28(4-8-30)5-9-30/h1-2,14,19H,3-11H2,(H3-,23,24,25,27,31,33,34)/p+1/b2-1+,26-13-/t14-,19-/m1/s1. The van der Waals surface area contributed by atoms with Crippen molar-refractivity contribution >= 4 is 51.9 Å². The van der Waals surface area contributed by atoms with Crippen LogP contribution in [0.5, 0.6) is 0 Å². The molecule has 0 unspecified atom stereocenters. The summed E-state index contributed by atoms with van der Waals surface area (Å²) in [6.07, 6.45) is 3.83. The monoisotopic (exact) mass is 553 g/mol. The van der Waals surface area contributed by atoms with Crippen LogP contribution >= 0.6 is 23.3 Å². The Kier molecular flexibility index (Phi) is 7.15. The number of oxime groups is 1. The number of hydrogen-bond donors (Lipinski definition) is 3. The number of hydrogen-bond acceptors (Lipinski definition) is 11. The van der Waals surface area contributed by atoms with Crippen LogP contribution in [0.25, 0.3) is 0 Å². The largest absolute Gasteiger partial charge is 0.477 e. The fourth-order valence-corrected chi connectivity index (χ4v) is 6.76. The number of nitrogen functional groups attached to an aromatic ring is 1. The van der Waals surface area contributed by atoms with Gasteiger partial charge in [-0.25, -0.2) is 9.18 Å². The van der Waals surface area contributed by atoms with Crippen molar-refractivity contribution < 1.29 is 33.2 Å². The van der Waals surface area contributed by atoms with Crippen molar-refractivity contribution in [3.8, 4) is 0 Å². The number of alkyl halides is 1. The molecule has 4 N–H and O–H groups in total. The van der Waals surface area contributed by atoms with Crippen molar-refractivity contribution in [3.05, 3.63) is 29.2 Å². The normalized spacial score (nSPS) is 29.3. The molecule has 5 aliphatic rings. The Morgan fingerprint density at radius 3 is 2.68 bits per heavy atom. The first-order chi connectivity index (χ1) is 17.8. The van der Waals surface area contributed by atoms with E-state index in [1.807, 2.05) is 12.2 Å². The lowest BCUT2D eigenvalue weighted by atomic mass is 10.0. The molecule has 13 nitrogen and oxygen atoms in total. The molecule has 2 atom stereocenters. The summed E-state index contributed by atoms with van der Waals surface area (Å²) in [6.45, 7) is 6.05. The molecule has 6 rings (SSSR count). The van der Waals surface area contributed by atoms with E-state index in [1.165, 1.54) is 16.7 Å². The average Bonchev–Trinajstić information content (AvgIpc) is 3.33. The fraction of sp³-hybridized carbons (Fsp3) is 0.524. The van der Waals surface area contributed by atoms with Crippen LogP contribution in [0.3, 0.4) is 0 Å². The zero-order valence-electron chi connectivity index (χ0n) is 19.7. The Bertz CT molecular complexity index is 1180. The van der Waals surface area contributed by atoms with Gasteiger partial charge in [-0.1, -0.05) is 11.2 Å². The van der Waals surface area contributed by atoms with E-state index in [1.54, 1.807) is 0 Å². The number of β-lactam (4-membered cyclic amide) rings is 1. The number of quaternary nitrogens is 1. The highest BCUT2D eigenvalue weighted by molar-refractivity contribution is 8.00. The van der Waals surface area contributed by atoms with E-state index < -0.39 is 41.8 Å². The van der Waals surface area contributed by atoms with Crippen LogP contribution in [0.15, 0.2) is 28.6 Å². The van der Waals surface area contributed by atoms with E-state index >= 15 is 0 Å². The van der Waals surface area contributed by atoms with Crippen molar-refractivity contribution in [2.75, 3.05) is 64.2 Å². The minimum atomic E-state index is -1.29. The van der Waals surface area contributed by atoms with Gasteiger partial charge in [-0.15, -0.1) is 11.8 Å². The molecule has 0 spiro atoms. The Hall–Kier alpha value is -3.08. The summed E-state index contributed by atoms with van der Waals surface area (Å²) < 4.78 is 17.4. The maximum atomic E-state index is 13.0. The van der Waals surface area contributed by atoms with Crippen LogP contribution in [-0.4, -0.2) is 122 Å². The van der Waals surface area contributed by atoms with Gasteiger partial charge in [0.25, 0.3) is 18.7 Å². The predicted molar refractivity (Wildman–Crippen MR) is 133 cm³/mol. The molecule has 6 heterocycles. The van der Waals surface area contributed by atoms with Gasteiger partial charge in [0.2, 0.25) is 11.5 Å². The molecule has 0 radical (unpaired) electrons. The second-order valence-electron chi connectivity index (χ2n) is 9.11. The number of nitrogens with two attached hydrogens (primary N) is 1. The summed E-state index contributed by atoms with van der Waals surface area (Å²) in [4.78, 5) is 49.8. The van der Waals surface area contributed by atoms with Gasteiger partial charge in [-0.3, -0.25) is 19.4 Å². The molecule has 0 saturated carbocycles. The molecule has 0 aliphatic carbocycles. The van der Waals surface area contributed by atoms with Gasteiger partial charge in [-0.2, -0.15) is 9.36 Å². The predicted octanol–water partition coefficient (Wildman–Crippen LogP) is -0.791. The number of aliphatic carboxylic acids is 1. The number of carbonyl (C=O) groups excluding carboxylic acids is 2. The van der Waals surface area contributed by atoms with Gasteiger partial charge in [0.05, 0.1) is 26.2 Å². The molecule has 0 aromatic carbocycles. The first-order valence-electron chi connectivity index (χ1n) is 11.6. The molecule has 4 fully saturated rings. The number of fused-ring (bicyclic) bond motifs is 4. The first kappa shape index (κ1) is 25.6. The van der Waals surface area contributed by atoms with E-state index in [0.29, 0.717) is 11.3 Å². The highest BCUT2D eigenvalue weighted by Gasteiger charge is 2.54. The molecule has 5 aliphatic heterocycles. The number of anilines is 1. The molecule has 4 saturated heterocycles. The summed E-state index contributed by atoms with van der Waals surface area (Å²) in [5.41, 5.74) is 5.59. The number of halogens is 1. The van der Waals surface area contributed by atoms with Gasteiger partial charge in [0.15, 0.2) is 5.13 Å². The lowest BCUT2D eigenvalue weighted by Crippen LogP contribution is -2.71. The molecule has 2 bridgehead atoms. The highest BCUT2D eigenvalue weighted by atomic mass is 32.2. The number of thioether (sulfide) groups is 1. The van der Waals surface area contributed by atoms with Crippen molar-refractivity contribution in [1.82, 2.24) is 24.5 Å². The van der Waals surface area contributed by atoms with E-state index in [4.69, 9.17) is 5.73 Å². The van der Waals surface area contributed by atoms with Crippen LogP contribution in [0, 0.1) is 0 Å². The zero-order valence-corrected chi connectivity index (χ0v) is 21.3. The number of amides is 2. The molecule has 198 valence electrons. The topological polar surface area (TPSA) is 163 Å². The third-order valence-electron chi connectivity index (χ3n) is 7.04. The minimum absolute atomic E-state index is 0.0636. The van der Waals surface area contributed by atoms with Crippen LogP contribution in [0.2, 0.25) is 0 Å². The minimum Gasteiger partial charge on any atom is -0.477 e. The van der Waals surface area contributed by atoms with Crippen molar-refractivity contribution in [1.29, 1.82) is 0 Å². The third-order valence-corrected chi connectivity index (χ3v) is 8.89. The van der Waals surface area contributed by atoms with E-state index in [2.05, 4.69) is 29.6 Å². The summed E-state index contributed by atoms with van der Waals surface area (Å²) >= 11 is 2.16. The van der Waals surface area contributed by atoms with E-state index in [-0.39, 0.29) is 16.7 Å². The van der Waals surface area contributed by atoms with Crippen LogP contribution in [-0.2, 0) is 19.2 Å². The first-order valence-corrected chi connectivity index (χ1v) is 13.5. The second kappa shape index (κ2) is 10.4. The Labute approximate surface area is 219 Å². The zero-order chi connectivity index (χ0) is 26.2. The second-order valence-corrected chi connectivity index (χ2v) is 11.0. The summed E-state index contributed by atoms with van der Waals surface area (Å²) in [6, 6.07) is -1.01. The number of aromatic nitrogens is 2. The fourth-order valence-electron chi connectivity index (χ4n) is 5.01. The quantitative estimate of drug-likeness (QED) is 0.153. The number of carbonyl (C=O) groups is 3. The van der Waals surface area contributed by atoms with E-state index in [0.717, 1.165) is 61.8 Å². The van der Waals surface area contributed by atoms with Gasteiger partial charge in [-0.05, 0) is 11.6 Å². The number of carboxylic acids is 1. The lowest BCUT2D eigenvalue weighted by Gasteiger charge is -2.50. The maximum absolute atomic E-state index is 13.0. The van der Waals surface area contributed by atoms with Gasteiger partial charge in [0.1, 0.15) is 17.1 Å². The number of allylic oxidation sites excluding steroid dienone is 1. The Balaban J connectivity index is 1.29. The van der Waals surface area contributed by atoms with Crippen molar-refractivity contribution in [2.45, 2.75) is 11.4 Å². The molecular formula is C21H26FN8O5S2+. The number of nitrogens with zero attached hydrogens (tertiary/aromatic N) is 6. The van der Waals surface area contributed by atoms with E-state index in [9.17, 15) is 23.9 Å². The number of nitrogens with one attached hydrogen (secondary N) is 1. The molecule has 1 aromatic heterocycles. The molecular weight excluding hydrogens is 527 g/mol. The summed E-state index contributed by atoms with van der Waals surface area (Å²) in [5, 5.41) is 15.3. The summed E-state index contributed by atoms with van der Waals surface area (Å²) in [5.74, 6) is -2.45. The van der Waals surface area contributed by atoms with Crippen molar-refractivity contribution in [2.24, 2.45) is 5.16 Å².